The largest absolute Gasteiger partial charge is 0.507 e. The minimum Gasteiger partial charge on any atom is -0.507 e. The van der Waals surface area contributed by atoms with Crippen LogP contribution < -0.4 is 4.90 Å². The maximum atomic E-state index is 13.5. The van der Waals surface area contributed by atoms with Gasteiger partial charge in [-0.05, 0) is 82.3 Å². The number of aliphatic hydroxyl groups excluding tert-OH is 1. The Hall–Kier alpha value is -3.82. The van der Waals surface area contributed by atoms with E-state index in [-0.39, 0.29) is 28.0 Å². The lowest BCUT2D eigenvalue weighted by Crippen LogP contribution is -2.36. The Kier molecular flexibility index (Phi) is 7.27. The number of nitrogens with zero attached hydrogens (tertiary/aromatic N) is 1. The molecule has 3 N–H and O–H groups in total. The molecule has 0 bridgehead atoms. The van der Waals surface area contributed by atoms with Gasteiger partial charge < -0.3 is 20.2 Å². The van der Waals surface area contributed by atoms with E-state index in [0.717, 1.165) is 24.1 Å². The first kappa shape index (κ1) is 27.2. The number of aliphatic hydroxyl groups is 1. The van der Waals surface area contributed by atoms with Crippen molar-refractivity contribution in [3.63, 3.8) is 0 Å². The van der Waals surface area contributed by atoms with Gasteiger partial charge in [0.1, 0.15) is 23.2 Å². The van der Waals surface area contributed by atoms with Crippen LogP contribution in [0.3, 0.4) is 0 Å². The summed E-state index contributed by atoms with van der Waals surface area (Å²) < 4.78 is 13.5. The Balaban J connectivity index is 1.77. The molecule has 0 saturated heterocycles. The summed E-state index contributed by atoms with van der Waals surface area (Å²) in [5.74, 6) is 3.84. The SMILES string of the molecule is CN(Cc1ccc(F)cc1)c1cc(C(O)C#Cc2ccc(C(=O)O)c(O)c2)cc2c1C(C)(C)CCC2(C)C. The Morgan fingerprint density at radius 3 is 2.32 bits per heavy atom. The van der Waals surface area contributed by atoms with Crippen molar-refractivity contribution >= 4 is 11.7 Å². The zero-order chi connectivity index (χ0) is 27.8. The summed E-state index contributed by atoms with van der Waals surface area (Å²) in [7, 11) is 2.01. The molecule has 0 aliphatic heterocycles. The highest BCUT2D eigenvalue weighted by atomic mass is 19.1. The third kappa shape index (κ3) is 5.54. The fourth-order valence-corrected chi connectivity index (χ4v) is 5.21. The van der Waals surface area contributed by atoms with Crippen LogP contribution in [0.2, 0.25) is 0 Å². The second kappa shape index (κ2) is 10.2. The van der Waals surface area contributed by atoms with Crippen LogP contribution in [0.15, 0.2) is 54.6 Å². The molecule has 1 aliphatic rings. The van der Waals surface area contributed by atoms with Gasteiger partial charge >= 0.3 is 5.97 Å². The predicted octanol–water partition coefficient (Wildman–Crippen LogP) is 6.30. The van der Waals surface area contributed by atoms with E-state index in [0.29, 0.717) is 17.7 Å². The molecule has 0 radical (unpaired) electrons. The number of phenols is 1. The van der Waals surface area contributed by atoms with Crippen LogP contribution >= 0.6 is 0 Å². The van der Waals surface area contributed by atoms with Gasteiger partial charge in [-0.1, -0.05) is 57.7 Å². The number of aromatic hydroxyl groups is 1. The number of hydrogen-bond donors (Lipinski definition) is 3. The van der Waals surface area contributed by atoms with E-state index in [1.54, 1.807) is 12.1 Å². The van der Waals surface area contributed by atoms with E-state index in [9.17, 15) is 19.4 Å². The molecule has 0 saturated carbocycles. The zero-order valence-electron chi connectivity index (χ0n) is 22.5. The van der Waals surface area contributed by atoms with E-state index in [1.807, 2.05) is 13.1 Å². The molecule has 0 fully saturated rings. The van der Waals surface area contributed by atoms with Gasteiger partial charge in [-0.2, -0.15) is 0 Å². The van der Waals surface area contributed by atoms with Gasteiger partial charge in [-0.25, -0.2) is 9.18 Å². The minimum absolute atomic E-state index is 0.0736. The Labute approximate surface area is 223 Å². The zero-order valence-corrected chi connectivity index (χ0v) is 22.5. The van der Waals surface area contributed by atoms with Gasteiger partial charge in [-0.3, -0.25) is 0 Å². The van der Waals surface area contributed by atoms with Crippen molar-refractivity contribution in [3.8, 4) is 17.6 Å². The fourth-order valence-electron chi connectivity index (χ4n) is 5.21. The van der Waals surface area contributed by atoms with Crippen molar-refractivity contribution in [1.29, 1.82) is 0 Å². The summed E-state index contributed by atoms with van der Waals surface area (Å²) in [6, 6.07) is 14.6. The highest BCUT2D eigenvalue weighted by molar-refractivity contribution is 5.90. The number of carboxylic acids is 1. The number of rotatable bonds is 5. The normalized spacial score (nSPS) is 16.1. The molecule has 0 heterocycles. The number of benzene rings is 3. The van der Waals surface area contributed by atoms with Crippen molar-refractivity contribution in [2.75, 3.05) is 11.9 Å². The summed E-state index contributed by atoms with van der Waals surface area (Å²) in [4.78, 5) is 13.3. The first-order chi connectivity index (χ1) is 17.8. The first-order valence-electron chi connectivity index (χ1n) is 12.7. The molecule has 1 atom stereocenters. The molecule has 6 heteroatoms. The Morgan fingerprint density at radius 1 is 1.03 bits per heavy atom. The molecular formula is C32H34FNO4. The lowest BCUT2D eigenvalue weighted by molar-refractivity contribution is 0.0693. The lowest BCUT2D eigenvalue weighted by atomic mass is 9.62. The van der Waals surface area contributed by atoms with Crippen molar-refractivity contribution in [1.82, 2.24) is 0 Å². The lowest BCUT2D eigenvalue weighted by Gasteiger charge is -2.44. The molecule has 3 aromatic carbocycles. The van der Waals surface area contributed by atoms with E-state index in [2.05, 4.69) is 50.5 Å². The molecule has 198 valence electrons. The minimum atomic E-state index is -1.22. The van der Waals surface area contributed by atoms with Gasteiger partial charge in [0, 0.05) is 24.8 Å². The number of aromatic carboxylic acids is 1. The summed E-state index contributed by atoms with van der Waals surface area (Å²) >= 11 is 0. The molecular weight excluding hydrogens is 481 g/mol. The Morgan fingerprint density at radius 2 is 1.68 bits per heavy atom. The molecule has 5 nitrogen and oxygen atoms in total. The van der Waals surface area contributed by atoms with Gasteiger partial charge in [0.05, 0.1) is 0 Å². The van der Waals surface area contributed by atoms with Crippen molar-refractivity contribution in [3.05, 3.63) is 93.8 Å². The molecule has 1 aliphatic carbocycles. The van der Waals surface area contributed by atoms with Gasteiger partial charge in [0.2, 0.25) is 0 Å². The number of hydrogen-bond acceptors (Lipinski definition) is 4. The quantitative estimate of drug-likeness (QED) is 0.348. The highest BCUT2D eigenvalue weighted by Crippen LogP contribution is 2.50. The third-order valence-corrected chi connectivity index (χ3v) is 7.56. The summed E-state index contributed by atoms with van der Waals surface area (Å²) in [6.45, 7) is 9.52. The third-order valence-electron chi connectivity index (χ3n) is 7.56. The first-order valence-corrected chi connectivity index (χ1v) is 12.7. The van der Waals surface area contributed by atoms with E-state index in [1.165, 1.54) is 41.5 Å². The maximum absolute atomic E-state index is 13.5. The summed E-state index contributed by atoms with van der Waals surface area (Å²) in [5.41, 5.74) is 5.09. The molecule has 1 unspecified atom stereocenters. The highest BCUT2D eigenvalue weighted by Gasteiger charge is 2.40. The average Bonchev–Trinajstić information content (AvgIpc) is 2.86. The predicted molar refractivity (Wildman–Crippen MR) is 147 cm³/mol. The number of anilines is 1. The molecule has 3 aromatic rings. The average molecular weight is 516 g/mol. The fraction of sp³-hybridized carbons (Fsp3) is 0.344. The van der Waals surface area contributed by atoms with Gasteiger partial charge in [-0.15, -0.1) is 0 Å². The molecule has 0 aromatic heterocycles. The van der Waals surface area contributed by atoms with E-state index >= 15 is 0 Å². The number of halogens is 1. The summed E-state index contributed by atoms with van der Waals surface area (Å²) in [6.07, 6.45) is 0.941. The summed E-state index contributed by atoms with van der Waals surface area (Å²) in [5, 5.41) is 30.2. The van der Waals surface area contributed by atoms with Crippen LogP contribution in [-0.2, 0) is 17.4 Å². The van der Waals surface area contributed by atoms with Crippen molar-refractivity contribution in [2.45, 2.75) is 64.0 Å². The molecule has 0 amide bonds. The second-order valence-corrected chi connectivity index (χ2v) is 11.4. The topological polar surface area (TPSA) is 81.0 Å². The van der Waals surface area contributed by atoms with Gasteiger partial charge in [0.15, 0.2) is 0 Å². The van der Waals surface area contributed by atoms with E-state index < -0.39 is 12.1 Å². The van der Waals surface area contributed by atoms with Crippen LogP contribution in [0.25, 0.3) is 0 Å². The van der Waals surface area contributed by atoms with Crippen molar-refractivity contribution < 1.29 is 24.5 Å². The molecule has 0 spiro atoms. The van der Waals surface area contributed by atoms with Crippen LogP contribution in [0.1, 0.15) is 84.8 Å². The van der Waals surface area contributed by atoms with Crippen LogP contribution in [0, 0.1) is 17.7 Å². The van der Waals surface area contributed by atoms with Crippen LogP contribution in [-0.4, -0.2) is 28.3 Å². The van der Waals surface area contributed by atoms with Gasteiger partial charge in [0.25, 0.3) is 0 Å². The molecule has 4 rings (SSSR count). The smallest absolute Gasteiger partial charge is 0.339 e. The maximum Gasteiger partial charge on any atom is 0.339 e. The monoisotopic (exact) mass is 515 g/mol. The van der Waals surface area contributed by atoms with Crippen molar-refractivity contribution in [2.24, 2.45) is 0 Å². The Bertz CT molecular complexity index is 1430. The number of fused-ring (bicyclic) bond motifs is 1. The molecule has 38 heavy (non-hydrogen) atoms. The second-order valence-electron chi connectivity index (χ2n) is 11.4. The number of carboxylic acid groups (broad SMARTS) is 1. The number of carbonyl (C=O) groups is 1. The van der Waals surface area contributed by atoms with Crippen LogP contribution in [0.5, 0.6) is 5.75 Å². The standard InChI is InChI=1S/C32H34FNO4/c1-31(2)14-15-32(3,4)29-25(31)17-22(18-26(29)34(5)19-21-6-10-23(33)11-7-21)27(35)13-9-20-8-12-24(30(37)38)28(36)16-20/h6-8,10-12,16-18,27,35-36H,14-15,19H2,1-5H3,(H,37,38). The van der Waals surface area contributed by atoms with E-state index in [4.69, 9.17) is 5.11 Å². The van der Waals surface area contributed by atoms with Crippen LogP contribution in [0.4, 0.5) is 10.1 Å².